The molecule has 0 bridgehead atoms. The Kier molecular flexibility index (Phi) is 5.02. The maximum absolute atomic E-state index is 12.7. The molecule has 0 saturated heterocycles. The summed E-state index contributed by atoms with van der Waals surface area (Å²) in [5, 5.41) is 2.31. The Bertz CT molecular complexity index is 1390. The Balaban J connectivity index is 1.40. The molecule has 2 aromatic carbocycles. The van der Waals surface area contributed by atoms with Crippen molar-refractivity contribution in [1.29, 1.82) is 0 Å². The van der Waals surface area contributed by atoms with E-state index in [0.717, 1.165) is 32.6 Å². The summed E-state index contributed by atoms with van der Waals surface area (Å²) >= 11 is 1.58. The van der Waals surface area contributed by atoms with Crippen LogP contribution in [0, 0.1) is 0 Å². The van der Waals surface area contributed by atoms with Gasteiger partial charge in [-0.1, -0.05) is 24.3 Å². The van der Waals surface area contributed by atoms with Gasteiger partial charge in [0, 0.05) is 29.2 Å². The monoisotopic (exact) mass is 479 g/mol. The molecule has 0 radical (unpaired) electrons. The van der Waals surface area contributed by atoms with Crippen LogP contribution >= 0.6 is 11.3 Å². The Morgan fingerprint density at radius 3 is 2.65 bits per heavy atom. The normalized spacial score (nSPS) is 15.9. The second-order valence-electron chi connectivity index (χ2n) is 8.61. The third-order valence-corrected chi connectivity index (χ3v) is 6.90. The van der Waals surface area contributed by atoms with Gasteiger partial charge in [-0.3, -0.25) is 0 Å². The first-order valence-electron chi connectivity index (χ1n) is 11.0. The van der Waals surface area contributed by atoms with Crippen molar-refractivity contribution in [2.45, 2.75) is 31.5 Å². The minimum Gasteiger partial charge on any atom is -0.345 e. The van der Waals surface area contributed by atoms with E-state index in [-0.39, 0.29) is 5.95 Å². The van der Waals surface area contributed by atoms with Crippen LogP contribution in [0.15, 0.2) is 60.4 Å². The van der Waals surface area contributed by atoms with Gasteiger partial charge in [0.25, 0.3) is 0 Å². The smallest absolute Gasteiger partial charge is 0.345 e. The maximum Gasteiger partial charge on any atom is 0.405 e. The van der Waals surface area contributed by atoms with Crippen molar-refractivity contribution < 1.29 is 13.2 Å². The molecule has 0 unspecified atom stereocenters. The Labute approximate surface area is 198 Å². The van der Waals surface area contributed by atoms with Crippen molar-refractivity contribution in [1.82, 2.24) is 15.0 Å². The van der Waals surface area contributed by atoms with Gasteiger partial charge in [0.15, 0.2) is 0 Å². The third-order valence-electron chi connectivity index (χ3n) is 6.11. The zero-order valence-electron chi connectivity index (χ0n) is 18.0. The highest BCUT2D eigenvalue weighted by Gasteiger charge is 2.28. The summed E-state index contributed by atoms with van der Waals surface area (Å²) in [6.07, 6.45) is 1.74. The van der Waals surface area contributed by atoms with Crippen molar-refractivity contribution in [3.63, 3.8) is 0 Å². The predicted molar refractivity (Wildman–Crippen MR) is 128 cm³/mol. The highest BCUT2D eigenvalue weighted by atomic mass is 32.1. The van der Waals surface area contributed by atoms with Crippen LogP contribution in [0.2, 0.25) is 0 Å². The highest BCUT2D eigenvalue weighted by Crippen LogP contribution is 2.41. The van der Waals surface area contributed by atoms with Crippen LogP contribution in [0.4, 0.5) is 24.8 Å². The number of hydrogen-bond acceptors (Lipinski definition) is 6. The number of aromatic nitrogens is 3. The lowest BCUT2D eigenvalue weighted by atomic mass is 9.95. The van der Waals surface area contributed by atoms with Crippen molar-refractivity contribution in [3.05, 3.63) is 82.8 Å². The summed E-state index contributed by atoms with van der Waals surface area (Å²) in [6, 6.07) is 14.5. The lowest BCUT2D eigenvalue weighted by Crippen LogP contribution is -2.25. The van der Waals surface area contributed by atoms with Crippen LogP contribution in [0.25, 0.3) is 15.8 Å². The molecule has 4 aromatic rings. The average molecular weight is 480 g/mol. The van der Waals surface area contributed by atoms with E-state index in [9.17, 15) is 13.2 Å². The number of alkyl halides is 3. The molecule has 1 aliphatic carbocycles. The number of hydrogen-bond donors (Lipinski definition) is 1. The second kappa shape index (κ2) is 8.09. The fraction of sp³-hybridized carbons (Fsp3) is 0.240. The average Bonchev–Trinajstić information content (AvgIpc) is 3.58. The molecular weight excluding hydrogens is 459 g/mol. The summed E-state index contributed by atoms with van der Waals surface area (Å²) in [7, 11) is 0. The molecular formula is C25H20F3N5S. The van der Waals surface area contributed by atoms with E-state index >= 15 is 0 Å². The summed E-state index contributed by atoms with van der Waals surface area (Å²) < 4.78 is 39.2. The van der Waals surface area contributed by atoms with Gasteiger partial charge in [0.1, 0.15) is 6.54 Å². The maximum atomic E-state index is 12.7. The quantitative estimate of drug-likeness (QED) is 0.362. The molecule has 6 rings (SSSR count). The molecule has 0 spiro atoms. The molecule has 1 fully saturated rings. The largest absolute Gasteiger partial charge is 0.405 e. The summed E-state index contributed by atoms with van der Waals surface area (Å²) in [4.78, 5) is 15.1. The van der Waals surface area contributed by atoms with Crippen LogP contribution in [0.5, 0.6) is 0 Å². The second-order valence-corrected chi connectivity index (χ2v) is 9.49. The summed E-state index contributed by atoms with van der Waals surface area (Å²) in [5.41, 5.74) is 8.43. The molecule has 0 atom stereocenters. The minimum atomic E-state index is -4.34. The molecule has 3 heterocycles. The van der Waals surface area contributed by atoms with E-state index in [4.69, 9.17) is 0 Å². The molecule has 1 aliphatic heterocycles. The predicted octanol–water partition coefficient (Wildman–Crippen LogP) is 6.35. The molecule has 172 valence electrons. The molecule has 1 N–H and O–H groups in total. The van der Waals surface area contributed by atoms with Crippen LogP contribution in [0.1, 0.15) is 41.1 Å². The number of thiazole rings is 1. The Morgan fingerprint density at radius 1 is 1.06 bits per heavy atom. The number of anilines is 2. The Morgan fingerprint density at radius 2 is 1.88 bits per heavy atom. The summed E-state index contributed by atoms with van der Waals surface area (Å²) in [5.74, 6) is 0.612. The molecule has 5 nitrogen and oxygen atoms in total. The van der Waals surface area contributed by atoms with Gasteiger partial charge in [0.05, 0.1) is 28.0 Å². The molecule has 9 heteroatoms. The van der Waals surface area contributed by atoms with E-state index < -0.39 is 12.7 Å². The number of nitrogens with zero attached hydrogens (tertiary/aromatic N) is 4. The van der Waals surface area contributed by atoms with Crippen molar-refractivity contribution in [3.8, 4) is 0 Å². The van der Waals surface area contributed by atoms with Crippen molar-refractivity contribution in [2.24, 2.45) is 0 Å². The highest BCUT2D eigenvalue weighted by molar-refractivity contribution is 7.16. The van der Waals surface area contributed by atoms with Gasteiger partial charge in [-0.15, -0.1) is 11.3 Å². The number of fused-ring (bicyclic) bond motifs is 2. The lowest BCUT2D eigenvalue weighted by molar-refractivity contribution is -0.115. The van der Waals surface area contributed by atoms with E-state index in [0.29, 0.717) is 18.2 Å². The fourth-order valence-corrected chi connectivity index (χ4v) is 4.93. The van der Waals surface area contributed by atoms with E-state index in [1.54, 1.807) is 17.5 Å². The fourth-order valence-electron chi connectivity index (χ4n) is 4.22. The first-order chi connectivity index (χ1) is 16.4. The first kappa shape index (κ1) is 21.1. The van der Waals surface area contributed by atoms with Crippen LogP contribution in [0.3, 0.4) is 0 Å². The Hall–Kier alpha value is -3.46. The lowest BCUT2D eigenvalue weighted by Gasteiger charge is -2.29. The zero-order chi connectivity index (χ0) is 23.3. The first-order valence-corrected chi connectivity index (χ1v) is 11.9. The number of nitrogens with one attached hydrogen (secondary N) is 1. The van der Waals surface area contributed by atoms with E-state index in [2.05, 4.69) is 55.5 Å². The SMILES string of the molecule is FC(F)(F)CNc1ncc2c(n1)C(c1ccc(C3CC3)cc1)=CN(c1ccc3ncsc3c1)C2. The standard InChI is InChI=1S/C25H20F3N5S/c26-25(27,28)13-30-24-29-10-18-11-33(19-7-8-21-22(9-19)34-14-31-21)12-20(23(18)32-24)17-5-3-16(4-6-17)15-1-2-15/h3-10,12,14-15H,1-2,11,13H2,(H,29,30,32). The van der Waals surface area contributed by atoms with Gasteiger partial charge in [0.2, 0.25) is 5.95 Å². The zero-order valence-corrected chi connectivity index (χ0v) is 18.8. The molecule has 0 amide bonds. The third kappa shape index (κ3) is 4.23. The van der Waals surface area contributed by atoms with Gasteiger partial charge in [-0.25, -0.2) is 15.0 Å². The van der Waals surface area contributed by atoms with Crippen LogP contribution in [-0.2, 0) is 6.54 Å². The number of benzene rings is 2. The van der Waals surface area contributed by atoms with Gasteiger partial charge in [-0.05, 0) is 48.1 Å². The summed E-state index contributed by atoms with van der Waals surface area (Å²) in [6.45, 7) is -0.662. The van der Waals surface area contributed by atoms with Gasteiger partial charge in [-0.2, -0.15) is 13.2 Å². The van der Waals surface area contributed by atoms with Gasteiger partial charge < -0.3 is 10.2 Å². The van der Waals surface area contributed by atoms with Crippen LogP contribution in [-0.4, -0.2) is 27.7 Å². The number of rotatable bonds is 5. The molecule has 2 aliphatic rings. The topological polar surface area (TPSA) is 53.9 Å². The van der Waals surface area contributed by atoms with E-state index in [1.165, 1.54) is 18.4 Å². The molecule has 2 aromatic heterocycles. The van der Waals surface area contributed by atoms with Crippen LogP contribution < -0.4 is 10.2 Å². The van der Waals surface area contributed by atoms with Crippen molar-refractivity contribution in [2.75, 3.05) is 16.8 Å². The van der Waals surface area contributed by atoms with Gasteiger partial charge >= 0.3 is 6.18 Å². The minimum absolute atomic E-state index is 0.0314. The number of halogens is 3. The molecule has 1 saturated carbocycles. The van der Waals surface area contributed by atoms with Crippen molar-refractivity contribution >= 4 is 38.8 Å². The van der Waals surface area contributed by atoms with E-state index in [1.807, 2.05) is 23.8 Å². The molecule has 34 heavy (non-hydrogen) atoms.